The van der Waals surface area contributed by atoms with E-state index in [-0.39, 0.29) is 12.5 Å². The Bertz CT molecular complexity index is 1060. The number of carbonyl (C=O) groups excluding carboxylic acids is 1. The normalized spacial score (nSPS) is 11.3. The number of amides is 1. The monoisotopic (exact) mass is 423 g/mol. The number of ether oxygens (including phenoxy) is 1. The molecule has 0 spiro atoms. The first kappa shape index (κ1) is 21.7. The third-order valence-corrected chi connectivity index (χ3v) is 5.27. The minimum atomic E-state index is -0.335. The van der Waals surface area contributed by atoms with Gasteiger partial charge in [-0.05, 0) is 41.7 Å². The quantitative estimate of drug-likeness (QED) is 0.413. The molecule has 0 aliphatic carbocycles. The molecule has 6 heteroatoms. The minimum absolute atomic E-state index is 0.113. The Balaban J connectivity index is 1.63. The summed E-state index contributed by atoms with van der Waals surface area (Å²) in [5.41, 5.74) is 7.40. The van der Waals surface area contributed by atoms with Crippen LogP contribution < -0.4 is 10.2 Å². The van der Waals surface area contributed by atoms with Crippen molar-refractivity contribution in [3.05, 3.63) is 76.4 Å². The molecule has 0 radical (unpaired) electrons. The number of aromatic nitrogens is 1. The van der Waals surface area contributed by atoms with Crippen molar-refractivity contribution in [2.75, 3.05) is 6.61 Å². The minimum Gasteiger partial charge on any atom is -0.483 e. The molecule has 2 aromatic carbocycles. The summed E-state index contributed by atoms with van der Waals surface area (Å²) in [6, 6.07) is 17.9. The molecule has 156 valence electrons. The van der Waals surface area contributed by atoms with Crippen molar-refractivity contribution >= 4 is 23.7 Å². The van der Waals surface area contributed by atoms with Gasteiger partial charge in [0.2, 0.25) is 0 Å². The van der Waals surface area contributed by atoms with Crippen LogP contribution in [-0.4, -0.2) is 23.3 Å². The number of rotatable bonds is 7. The van der Waals surface area contributed by atoms with Gasteiger partial charge in [0, 0.05) is 18.3 Å². The summed E-state index contributed by atoms with van der Waals surface area (Å²) in [7, 11) is 1.89. The first-order chi connectivity index (χ1) is 14.4. The van der Waals surface area contributed by atoms with Crippen molar-refractivity contribution in [2.24, 2.45) is 12.1 Å². The second kappa shape index (κ2) is 9.63. The lowest BCUT2D eigenvalue weighted by Gasteiger charge is -2.14. The molecule has 0 saturated heterocycles. The highest BCUT2D eigenvalue weighted by atomic mass is 35.5. The first-order valence-corrected chi connectivity index (χ1v) is 10.2. The molecule has 0 saturated carbocycles. The third-order valence-electron chi connectivity index (χ3n) is 4.80. The summed E-state index contributed by atoms with van der Waals surface area (Å²) >= 11 is 6.42. The van der Waals surface area contributed by atoms with Crippen molar-refractivity contribution in [1.29, 1.82) is 0 Å². The summed E-state index contributed by atoms with van der Waals surface area (Å²) in [6.45, 7) is 6.07. The molecule has 0 fully saturated rings. The predicted octanol–water partition coefficient (Wildman–Crippen LogP) is 5.31. The van der Waals surface area contributed by atoms with Gasteiger partial charge in [-0.25, -0.2) is 5.43 Å². The molecule has 1 aromatic heterocycles. The maximum absolute atomic E-state index is 12.2. The molecule has 0 atom stereocenters. The summed E-state index contributed by atoms with van der Waals surface area (Å²) in [6.07, 6.45) is 1.54. The van der Waals surface area contributed by atoms with Crippen LogP contribution >= 0.6 is 11.6 Å². The van der Waals surface area contributed by atoms with Crippen LogP contribution in [0.4, 0.5) is 0 Å². The van der Waals surface area contributed by atoms with Gasteiger partial charge in [-0.15, -0.1) is 0 Å². The van der Waals surface area contributed by atoms with E-state index in [0.29, 0.717) is 11.1 Å². The van der Waals surface area contributed by atoms with Gasteiger partial charge in [-0.3, -0.25) is 4.79 Å². The Morgan fingerprint density at radius 3 is 2.63 bits per heavy atom. The fraction of sp³-hybridized carbons (Fsp3) is 0.250. The van der Waals surface area contributed by atoms with E-state index in [4.69, 9.17) is 16.3 Å². The van der Waals surface area contributed by atoms with Crippen LogP contribution in [0.2, 0.25) is 5.15 Å². The van der Waals surface area contributed by atoms with Crippen molar-refractivity contribution in [3.63, 3.8) is 0 Å². The highest BCUT2D eigenvalue weighted by Crippen LogP contribution is 2.28. The Morgan fingerprint density at radius 1 is 1.20 bits per heavy atom. The van der Waals surface area contributed by atoms with Gasteiger partial charge < -0.3 is 9.30 Å². The van der Waals surface area contributed by atoms with Crippen LogP contribution in [0.3, 0.4) is 0 Å². The van der Waals surface area contributed by atoms with Crippen molar-refractivity contribution in [2.45, 2.75) is 26.7 Å². The lowest BCUT2D eigenvalue weighted by molar-refractivity contribution is -0.123. The number of halogens is 1. The lowest BCUT2D eigenvalue weighted by atomic mass is 10.0. The number of nitrogens with zero attached hydrogens (tertiary/aromatic N) is 2. The molecule has 5 nitrogen and oxygen atoms in total. The van der Waals surface area contributed by atoms with Crippen molar-refractivity contribution < 1.29 is 9.53 Å². The molecule has 1 N–H and O–H groups in total. The molecule has 1 amide bonds. The zero-order valence-corrected chi connectivity index (χ0v) is 18.4. The Kier molecular flexibility index (Phi) is 6.95. The van der Waals surface area contributed by atoms with E-state index in [1.807, 2.05) is 73.1 Å². The van der Waals surface area contributed by atoms with E-state index < -0.39 is 0 Å². The van der Waals surface area contributed by atoms with Crippen molar-refractivity contribution in [1.82, 2.24) is 9.99 Å². The number of nitrogens with one attached hydrogen (secondary N) is 1. The fourth-order valence-corrected chi connectivity index (χ4v) is 3.37. The van der Waals surface area contributed by atoms with E-state index in [2.05, 4.69) is 24.4 Å². The SMILES string of the molecule is Cc1ccc(C(C)C)c(OCC(=O)NN=Cc2cc(-c3ccccc3)n(C)c2Cl)c1. The first-order valence-electron chi connectivity index (χ1n) is 9.82. The van der Waals surface area contributed by atoms with Crippen LogP contribution in [0.1, 0.15) is 36.5 Å². The van der Waals surface area contributed by atoms with Gasteiger partial charge in [0.1, 0.15) is 10.9 Å². The topological polar surface area (TPSA) is 55.6 Å². The summed E-state index contributed by atoms with van der Waals surface area (Å²) in [5, 5.41) is 4.58. The van der Waals surface area contributed by atoms with Crippen LogP contribution in [0.15, 0.2) is 59.7 Å². The van der Waals surface area contributed by atoms with Gasteiger partial charge in [-0.2, -0.15) is 5.10 Å². The number of benzene rings is 2. The van der Waals surface area contributed by atoms with E-state index in [9.17, 15) is 4.79 Å². The average Bonchev–Trinajstić information content (AvgIpc) is 3.01. The molecule has 30 heavy (non-hydrogen) atoms. The number of hydrogen-bond acceptors (Lipinski definition) is 3. The second-order valence-corrected chi connectivity index (χ2v) is 7.84. The lowest BCUT2D eigenvalue weighted by Crippen LogP contribution is -2.25. The number of hydrazone groups is 1. The van der Waals surface area contributed by atoms with E-state index in [1.165, 1.54) is 0 Å². The maximum Gasteiger partial charge on any atom is 0.277 e. The number of aryl methyl sites for hydroxylation is 1. The van der Waals surface area contributed by atoms with Gasteiger partial charge >= 0.3 is 0 Å². The summed E-state index contributed by atoms with van der Waals surface area (Å²) < 4.78 is 7.62. The largest absolute Gasteiger partial charge is 0.483 e. The van der Waals surface area contributed by atoms with E-state index in [0.717, 1.165) is 33.7 Å². The van der Waals surface area contributed by atoms with Gasteiger partial charge in [0.05, 0.1) is 6.21 Å². The van der Waals surface area contributed by atoms with Gasteiger partial charge in [0.15, 0.2) is 6.61 Å². The Morgan fingerprint density at radius 2 is 1.93 bits per heavy atom. The average molecular weight is 424 g/mol. The number of carbonyl (C=O) groups is 1. The molecule has 1 heterocycles. The fourth-order valence-electron chi connectivity index (χ4n) is 3.17. The molecule has 0 aliphatic heterocycles. The predicted molar refractivity (Wildman–Crippen MR) is 122 cm³/mol. The molecule has 0 aliphatic rings. The van der Waals surface area contributed by atoms with Crippen LogP contribution in [-0.2, 0) is 11.8 Å². The highest BCUT2D eigenvalue weighted by molar-refractivity contribution is 6.32. The van der Waals surface area contributed by atoms with Crippen LogP contribution in [0.5, 0.6) is 5.75 Å². The molecular weight excluding hydrogens is 398 g/mol. The van der Waals surface area contributed by atoms with Gasteiger partial charge in [0.25, 0.3) is 5.91 Å². The molecule has 0 bridgehead atoms. The molecule has 3 aromatic rings. The zero-order valence-electron chi connectivity index (χ0n) is 17.6. The Hall–Kier alpha value is -3.05. The van der Waals surface area contributed by atoms with Gasteiger partial charge in [-0.1, -0.05) is 67.9 Å². The third kappa shape index (κ3) is 5.10. The summed E-state index contributed by atoms with van der Waals surface area (Å²) in [4.78, 5) is 12.2. The van der Waals surface area contributed by atoms with E-state index in [1.54, 1.807) is 6.21 Å². The standard InChI is InChI=1S/C24H26ClN3O2/c1-16(2)20-11-10-17(3)12-22(20)30-15-23(29)27-26-14-19-13-21(28(4)24(19)25)18-8-6-5-7-9-18/h5-14,16H,15H2,1-4H3,(H,27,29). The highest BCUT2D eigenvalue weighted by Gasteiger charge is 2.12. The van der Waals surface area contributed by atoms with E-state index >= 15 is 0 Å². The summed E-state index contributed by atoms with van der Waals surface area (Å²) in [5.74, 6) is 0.696. The number of hydrogen-bond donors (Lipinski definition) is 1. The van der Waals surface area contributed by atoms with Crippen LogP contribution in [0.25, 0.3) is 11.3 Å². The maximum atomic E-state index is 12.2. The molecular formula is C24H26ClN3O2. The van der Waals surface area contributed by atoms with Crippen LogP contribution in [0, 0.1) is 6.92 Å². The van der Waals surface area contributed by atoms with Crippen molar-refractivity contribution in [3.8, 4) is 17.0 Å². The second-order valence-electron chi connectivity index (χ2n) is 7.48. The zero-order chi connectivity index (χ0) is 21.7. The smallest absolute Gasteiger partial charge is 0.277 e. The Labute approximate surface area is 182 Å². The molecule has 3 rings (SSSR count). The molecule has 0 unspecified atom stereocenters.